The predicted molar refractivity (Wildman–Crippen MR) is 121 cm³/mol. The summed E-state index contributed by atoms with van der Waals surface area (Å²) in [6.45, 7) is 7.61. The van der Waals surface area contributed by atoms with Crippen LogP contribution in [0.15, 0.2) is 36.5 Å². The maximum Gasteiger partial charge on any atom is 0.358 e. The molecule has 0 aliphatic heterocycles. The zero-order chi connectivity index (χ0) is 24.5. The van der Waals surface area contributed by atoms with Crippen molar-refractivity contribution in [1.29, 1.82) is 0 Å². The van der Waals surface area contributed by atoms with Crippen molar-refractivity contribution in [2.45, 2.75) is 33.1 Å². The summed E-state index contributed by atoms with van der Waals surface area (Å²) < 4.78 is 6.68. The van der Waals surface area contributed by atoms with Gasteiger partial charge in [-0.1, -0.05) is 32.1 Å². The summed E-state index contributed by atoms with van der Waals surface area (Å²) in [7, 11) is 1.43. The number of aromatic nitrogens is 3. The highest BCUT2D eigenvalue weighted by atomic mass is 16.5. The van der Waals surface area contributed by atoms with Crippen LogP contribution in [0, 0.1) is 6.92 Å². The molecule has 0 aliphatic rings. The van der Waals surface area contributed by atoms with Crippen LogP contribution in [0.3, 0.4) is 0 Å². The fourth-order valence-corrected chi connectivity index (χ4v) is 3.34. The van der Waals surface area contributed by atoms with E-state index in [4.69, 9.17) is 15.6 Å². The molecule has 33 heavy (non-hydrogen) atoms. The fraction of sp³-hybridized carbons (Fsp3) is 0.261. The minimum Gasteiger partial charge on any atom is -0.495 e. The van der Waals surface area contributed by atoms with Gasteiger partial charge < -0.3 is 20.9 Å². The predicted octanol–water partition coefficient (Wildman–Crippen LogP) is 2.93. The largest absolute Gasteiger partial charge is 0.495 e. The lowest BCUT2D eigenvalue weighted by Gasteiger charge is -2.24. The van der Waals surface area contributed by atoms with Crippen LogP contribution in [-0.2, 0) is 5.41 Å². The Hall–Kier alpha value is -4.21. The number of hydrogen-bond donors (Lipinski definition) is 3. The van der Waals surface area contributed by atoms with Crippen LogP contribution >= 0.6 is 0 Å². The molecule has 2 amide bonds. The quantitative estimate of drug-likeness (QED) is 0.521. The van der Waals surface area contributed by atoms with E-state index in [1.54, 1.807) is 31.2 Å². The van der Waals surface area contributed by atoms with Gasteiger partial charge in [-0.25, -0.2) is 9.48 Å². The van der Waals surface area contributed by atoms with Gasteiger partial charge in [0.1, 0.15) is 5.75 Å². The Balaban J connectivity index is 2.00. The van der Waals surface area contributed by atoms with Crippen LogP contribution in [-0.4, -0.2) is 45.0 Å². The highest BCUT2D eigenvalue weighted by Gasteiger charge is 2.24. The summed E-state index contributed by atoms with van der Waals surface area (Å²) in [5.74, 6) is -1.93. The summed E-state index contributed by atoms with van der Waals surface area (Å²) in [5.41, 5.74) is 7.88. The highest BCUT2D eigenvalue weighted by molar-refractivity contribution is 6.06. The van der Waals surface area contributed by atoms with Crippen molar-refractivity contribution in [2.75, 3.05) is 12.4 Å². The van der Waals surface area contributed by atoms with E-state index in [1.807, 2.05) is 20.8 Å². The number of nitrogens with zero attached hydrogens (tertiary/aromatic N) is 3. The zero-order valence-corrected chi connectivity index (χ0v) is 19.0. The van der Waals surface area contributed by atoms with E-state index < -0.39 is 23.2 Å². The normalized spacial score (nSPS) is 11.2. The first-order valence-corrected chi connectivity index (χ1v) is 10.0. The highest BCUT2D eigenvalue weighted by Crippen LogP contribution is 2.35. The summed E-state index contributed by atoms with van der Waals surface area (Å²) >= 11 is 0. The third-order valence-electron chi connectivity index (χ3n) is 5.09. The van der Waals surface area contributed by atoms with Gasteiger partial charge in [0.2, 0.25) is 5.91 Å². The number of carboxylic acid groups (broad SMARTS) is 1. The van der Waals surface area contributed by atoms with E-state index in [2.05, 4.69) is 15.6 Å². The molecule has 0 atom stereocenters. The third-order valence-corrected chi connectivity index (χ3v) is 5.09. The standard InChI is InChI=1S/C23H25N5O5/c1-12-6-7-13(8-18(12)28-11-17(22(31)32)26-27-28)21(30)25-16-10-15(23(2,3)4)14(20(24)29)9-19(16)33-5/h6-11H,1-5H3,(H2,24,29)(H,25,30)(H,31,32). The molecule has 4 N–H and O–H groups in total. The molecule has 0 saturated heterocycles. The Bertz CT molecular complexity index is 1260. The number of carbonyl (C=O) groups is 3. The van der Waals surface area contributed by atoms with Gasteiger partial charge in [-0.2, -0.15) is 0 Å². The average Bonchev–Trinajstić information content (AvgIpc) is 3.23. The SMILES string of the molecule is COc1cc(C(N)=O)c(C(C)(C)C)cc1NC(=O)c1ccc(C)c(-n2cc(C(=O)O)nn2)c1. The minimum atomic E-state index is -1.20. The van der Waals surface area contributed by atoms with Crippen molar-refractivity contribution in [3.05, 3.63) is 64.5 Å². The Morgan fingerprint density at radius 3 is 2.39 bits per heavy atom. The lowest BCUT2D eigenvalue weighted by Crippen LogP contribution is -2.22. The monoisotopic (exact) mass is 451 g/mol. The molecule has 0 saturated carbocycles. The van der Waals surface area contributed by atoms with Crippen molar-refractivity contribution in [1.82, 2.24) is 15.0 Å². The first-order chi connectivity index (χ1) is 15.4. The maximum atomic E-state index is 13.1. The van der Waals surface area contributed by atoms with Crippen LogP contribution < -0.4 is 15.8 Å². The van der Waals surface area contributed by atoms with Gasteiger partial charge in [0, 0.05) is 11.1 Å². The first kappa shape index (κ1) is 23.5. The van der Waals surface area contributed by atoms with E-state index in [0.29, 0.717) is 33.8 Å². The van der Waals surface area contributed by atoms with Gasteiger partial charge in [-0.15, -0.1) is 5.10 Å². The molecule has 0 radical (unpaired) electrons. The molecule has 1 heterocycles. The molecule has 0 unspecified atom stereocenters. The molecular weight excluding hydrogens is 426 g/mol. The van der Waals surface area contributed by atoms with Gasteiger partial charge in [0.05, 0.1) is 24.7 Å². The van der Waals surface area contributed by atoms with E-state index >= 15 is 0 Å². The van der Waals surface area contributed by atoms with Crippen molar-refractivity contribution in [2.24, 2.45) is 5.73 Å². The minimum absolute atomic E-state index is 0.210. The number of aromatic carboxylic acids is 1. The number of nitrogens with one attached hydrogen (secondary N) is 1. The van der Waals surface area contributed by atoms with Crippen molar-refractivity contribution in [3.8, 4) is 11.4 Å². The van der Waals surface area contributed by atoms with Crippen LogP contribution in [0.4, 0.5) is 5.69 Å². The molecule has 10 heteroatoms. The molecule has 3 aromatic rings. The Morgan fingerprint density at radius 2 is 1.85 bits per heavy atom. The van der Waals surface area contributed by atoms with E-state index in [1.165, 1.54) is 24.1 Å². The average molecular weight is 451 g/mol. The molecule has 0 fully saturated rings. The summed E-state index contributed by atoms with van der Waals surface area (Å²) in [6.07, 6.45) is 1.27. The number of ether oxygens (including phenoxy) is 1. The molecule has 3 rings (SSSR count). The topological polar surface area (TPSA) is 149 Å². The number of nitrogens with two attached hydrogens (primary N) is 1. The molecule has 10 nitrogen and oxygen atoms in total. The third kappa shape index (κ3) is 4.84. The number of benzene rings is 2. The lowest BCUT2D eigenvalue weighted by atomic mass is 9.83. The molecule has 172 valence electrons. The molecule has 2 aromatic carbocycles. The molecule has 0 bridgehead atoms. The van der Waals surface area contributed by atoms with Gasteiger partial charge in [0.15, 0.2) is 5.69 Å². The molecular formula is C23H25N5O5. The van der Waals surface area contributed by atoms with Crippen molar-refractivity contribution < 1.29 is 24.2 Å². The number of methoxy groups -OCH3 is 1. The molecule has 0 spiro atoms. The van der Waals surface area contributed by atoms with E-state index in [9.17, 15) is 14.4 Å². The number of carboxylic acids is 1. The second-order valence-corrected chi connectivity index (χ2v) is 8.52. The Morgan fingerprint density at radius 1 is 1.15 bits per heavy atom. The Labute approximate surface area is 190 Å². The lowest BCUT2D eigenvalue weighted by molar-refractivity contribution is 0.0690. The van der Waals surface area contributed by atoms with Crippen molar-refractivity contribution in [3.63, 3.8) is 0 Å². The second-order valence-electron chi connectivity index (χ2n) is 8.52. The van der Waals surface area contributed by atoms with Crippen LogP contribution in [0.1, 0.15) is 63.1 Å². The van der Waals surface area contributed by atoms with E-state index in [-0.39, 0.29) is 5.69 Å². The van der Waals surface area contributed by atoms with Crippen LogP contribution in [0.5, 0.6) is 5.75 Å². The number of rotatable bonds is 6. The maximum absolute atomic E-state index is 13.1. The summed E-state index contributed by atoms with van der Waals surface area (Å²) in [6, 6.07) is 8.14. The summed E-state index contributed by atoms with van der Waals surface area (Å²) in [4.78, 5) is 36.2. The van der Waals surface area contributed by atoms with Crippen LogP contribution in [0.25, 0.3) is 5.69 Å². The molecule has 1 aromatic heterocycles. The number of amides is 2. The number of primary amides is 1. The van der Waals surface area contributed by atoms with Crippen molar-refractivity contribution >= 4 is 23.5 Å². The number of anilines is 1. The van der Waals surface area contributed by atoms with Crippen LogP contribution in [0.2, 0.25) is 0 Å². The first-order valence-electron chi connectivity index (χ1n) is 10.0. The van der Waals surface area contributed by atoms with Gasteiger partial charge in [-0.05, 0) is 47.7 Å². The Kier molecular flexibility index (Phi) is 6.21. The zero-order valence-electron chi connectivity index (χ0n) is 19.0. The van der Waals surface area contributed by atoms with E-state index in [0.717, 1.165) is 5.56 Å². The molecule has 0 aliphatic carbocycles. The summed E-state index contributed by atoms with van der Waals surface area (Å²) in [5, 5.41) is 19.4. The second kappa shape index (κ2) is 8.73. The van der Waals surface area contributed by atoms with Gasteiger partial charge >= 0.3 is 5.97 Å². The fourth-order valence-electron chi connectivity index (χ4n) is 3.34. The number of carbonyl (C=O) groups excluding carboxylic acids is 2. The number of aryl methyl sites for hydroxylation is 1. The van der Waals surface area contributed by atoms with Gasteiger partial charge in [-0.3, -0.25) is 9.59 Å². The van der Waals surface area contributed by atoms with Gasteiger partial charge in [0.25, 0.3) is 5.91 Å². The smallest absolute Gasteiger partial charge is 0.358 e. The number of hydrogen-bond acceptors (Lipinski definition) is 6.